The largest absolute Gasteiger partial charge is 0.332 e. The first-order chi connectivity index (χ1) is 12.7. The van der Waals surface area contributed by atoms with Crippen molar-refractivity contribution in [1.29, 1.82) is 0 Å². The molecule has 2 fully saturated rings. The Morgan fingerprint density at radius 2 is 2.15 bits per heavy atom. The Labute approximate surface area is 157 Å². The molecule has 0 saturated carbocycles. The van der Waals surface area contributed by atoms with Crippen LogP contribution in [0.2, 0.25) is 0 Å². The van der Waals surface area contributed by atoms with Crippen molar-refractivity contribution in [2.75, 3.05) is 12.4 Å². The third-order valence-electron chi connectivity index (χ3n) is 5.52. The Hall–Kier alpha value is -1.92. The van der Waals surface area contributed by atoms with Crippen LogP contribution < -0.4 is 5.32 Å². The molecule has 26 heavy (non-hydrogen) atoms. The summed E-state index contributed by atoms with van der Waals surface area (Å²) >= 11 is 1.50. The van der Waals surface area contributed by atoms with E-state index in [0.717, 1.165) is 19.1 Å². The molecule has 136 valence electrons. The quantitative estimate of drug-likeness (QED) is 0.803. The highest BCUT2D eigenvalue weighted by Gasteiger charge is 2.43. The average molecular weight is 370 g/mol. The summed E-state index contributed by atoms with van der Waals surface area (Å²) in [5.74, 6) is 0.672. The highest BCUT2D eigenvalue weighted by Crippen LogP contribution is 2.35. The number of ketones is 1. The Kier molecular flexibility index (Phi) is 4.96. The van der Waals surface area contributed by atoms with E-state index in [1.807, 2.05) is 12.1 Å². The van der Waals surface area contributed by atoms with Gasteiger partial charge in [-0.3, -0.25) is 14.9 Å². The van der Waals surface area contributed by atoms with Crippen LogP contribution in [0.4, 0.5) is 0 Å². The molecule has 2 saturated heterocycles. The molecule has 0 radical (unpaired) electrons. The molecule has 4 atom stereocenters. The number of hydrogen-bond donors (Lipinski definition) is 1. The first kappa shape index (κ1) is 17.5. The van der Waals surface area contributed by atoms with Crippen molar-refractivity contribution in [2.45, 2.75) is 42.5 Å². The summed E-state index contributed by atoms with van der Waals surface area (Å²) in [7, 11) is 0. The number of carbonyl (C=O) groups is 3. The number of Topliss-reactive ketones (excluding diaryl/α,β-unsaturated/α-hetero) is 1. The topological polar surface area (TPSA) is 66.5 Å². The maximum absolute atomic E-state index is 13.0. The summed E-state index contributed by atoms with van der Waals surface area (Å²) in [6.45, 7) is 0.602. The third-order valence-corrected chi connectivity index (χ3v) is 6.74. The van der Waals surface area contributed by atoms with E-state index in [9.17, 15) is 14.4 Å². The smallest absolute Gasteiger partial charge is 0.241 e. The van der Waals surface area contributed by atoms with Gasteiger partial charge < -0.3 is 9.69 Å². The van der Waals surface area contributed by atoms with Crippen molar-refractivity contribution in [2.24, 2.45) is 0 Å². The summed E-state index contributed by atoms with van der Waals surface area (Å²) in [5, 5.41) is 2.79. The number of likely N-dealkylation sites (tertiary alicyclic amines) is 1. The van der Waals surface area contributed by atoms with Crippen LogP contribution in [0.5, 0.6) is 0 Å². The van der Waals surface area contributed by atoms with E-state index in [1.165, 1.54) is 22.9 Å². The molecule has 1 amide bonds. The van der Waals surface area contributed by atoms with Crippen LogP contribution in [0.25, 0.3) is 6.08 Å². The second-order valence-electron chi connectivity index (χ2n) is 7.06. The van der Waals surface area contributed by atoms with Gasteiger partial charge in [-0.1, -0.05) is 36.4 Å². The lowest BCUT2D eigenvalue weighted by Gasteiger charge is -2.26. The van der Waals surface area contributed by atoms with Crippen LogP contribution in [0.1, 0.15) is 36.3 Å². The van der Waals surface area contributed by atoms with E-state index in [-0.39, 0.29) is 28.9 Å². The summed E-state index contributed by atoms with van der Waals surface area (Å²) < 4.78 is 0. The van der Waals surface area contributed by atoms with Crippen molar-refractivity contribution in [3.05, 3.63) is 41.5 Å². The molecule has 1 aromatic carbocycles. The fourth-order valence-corrected chi connectivity index (χ4v) is 5.29. The molecular formula is C20H22N2O3S. The zero-order valence-electron chi connectivity index (χ0n) is 14.5. The lowest BCUT2D eigenvalue weighted by Crippen LogP contribution is -2.51. The molecule has 1 N–H and O–H groups in total. The van der Waals surface area contributed by atoms with Crippen LogP contribution in [0.3, 0.4) is 0 Å². The Balaban J connectivity index is 1.45. The molecule has 0 bridgehead atoms. The first-order valence-electron chi connectivity index (χ1n) is 9.09. The minimum absolute atomic E-state index is 0.0881. The molecule has 2 aliphatic heterocycles. The lowest BCUT2D eigenvalue weighted by molar-refractivity contribution is -0.137. The molecule has 0 aromatic heterocycles. The highest BCUT2D eigenvalue weighted by atomic mass is 32.2. The summed E-state index contributed by atoms with van der Waals surface area (Å²) in [6.07, 6.45) is 6.97. The predicted octanol–water partition coefficient (Wildman–Crippen LogP) is 1.98. The van der Waals surface area contributed by atoms with E-state index in [1.54, 1.807) is 4.90 Å². The molecule has 3 aliphatic rings. The van der Waals surface area contributed by atoms with Gasteiger partial charge in [-0.15, -0.1) is 11.8 Å². The third kappa shape index (κ3) is 3.12. The number of aldehydes is 1. The summed E-state index contributed by atoms with van der Waals surface area (Å²) in [5.41, 5.74) is 2.35. The van der Waals surface area contributed by atoms with Crippen LogP contribution in [0, 0.1) is 0 Å². The molecule has 5 nitrogen and oxygen atoms in total. The Bertz CT molecular complexity index is 763. The number of hydrogen-bond acceptors (Lipinski definition) is 5. The van der Waals surface area contributed by atoms with E-state index in [2.05, 4.69) is 29.6 Å². The number of carbonyl (C=O) groups excluding carboxylic acids is 3. The Morgan fingerprint density at radius 1 is 1.31 bits per heavy atom. The zero-order valence-corrected chi connectivity index (χ0v) is 15.3. The normalized spacial score (nSPS) is 29.8. The van der Waals surface area contributed by atoms with E-state index < -0.39 is 6.04 Å². The standard InChI is InChI=1S/C20H22N2O3S/c23-11-15-5-3-9-22(15)20(25)18-19(26-12-21-18)17(24)10-14-8-7-13-4-1-2-6-16(13)14/h1-2,4,6-8,11,14-15,18-19,21H,3,5,9-10,12H2/t14?,15-,18+,19?/m0/s1. The number of nitrogens with zero attached hydrogens (tertiary/aromatic N) is 1. The molecule has 2 unspecified atom stereocenters. The second kappa shape index (κ2) is 7.37. The van der Waals surface area contributed by atoms with Crippen LogP contribution in [0.15, 0.2) is 30.3 Å². The van der Waals surface area contributed by atoms with Crippen LogP contribution in [-0.4, -0.2) is 52.6 Å². The van der Waals surface area contributed by atoms with Crippen molar-refractivity contribution in [3.63, 3.8) is 0 Å². The highest BCUT2D eigenvalue weighted by molar-refractivity contribution is 8.00. The maximum atomic E-state index is 13.0. The van der Waals surface area contributed by atoms with Gasteiger partial charge >= 0.3 is 0 Å². The molecular weight excluding hydrogens is 348 g/mol. The number of allylic oxidation sites excluding steroid dienone is 1. The van der Waals surface area contributed by atoms with Gasteiger partial charge in [0.1, 0.15) is 18.1 Å². The number of fused-ring (bicyclic) bond motifs is 1. The second-order valence-corrected chi connectivity index (χ2v) is 8.19. The van der Waals surface area contributed by atoms with Gasteiger partial charge in [0.15, 0.2) is 0 Å². The van der Waals surface area contributed by atoms with Crippen molar-refractivity contribution in [1.82, 2.24) is 10.2 Å². The molecule has 2 heterocycles. The van der Waals surface area contributed by atoms with Gasteiger partial charge in [-0.25, -0.2) is 0 Å². The fraction of sp³-hybridized carbons (Fsp3) is 0.450. The first-order valence-corrected chi connectivity index (χ1v) is 10.1. The number of nitrogens with one attached hydrogen (secondary N) is 1. The number of amides is 1. The SMILES string of the molecule is O=C[C@@H]1CCCN1C(=O)[C@@H]1NCSC1C(=O)CC1C=Cc2ccccc21. The van der Waals surface area contributed by atoms with E-state index in [0.29, 0.717) is 18.8 Å². The molecule has 4 rings (SSSR count). The van der Waals surface area contributed by atoms with Gasteiger partial charge in [0.2, 0.25) is 5.91 Å². The number of rotatable bonds is 5. The average Bonchev–Trinajstić information content (AvgIpc) is 3.40. The van der Waals surface area contributed by atoms with Gasteiger partial charge in [0.25, 0.3) is 0 Å². The van der Waals surface area contributed by atoms with Gasteiger partial charge in [0, 0.05) is 24.8 Å². The maximum Gasteiger partial charge on any atom is 0.241 e. The summed E-state index contributed by atoms with van der Waals surface area (Å²) in [4.78, 5) is 38.7. The van der Waals surface area contributed by atoms with Gasteiger partial charge in [0.05, 0.1) is 11.3 Å². The lowest BCUT2D eigenvalue weighted by atomic mass is 9.93. The number of thioether (sulfide) groups is 1. The van der Waals surface area contributed by atoms with E-state index >= 15 is 0 Å². The van der Waals surface area contributed by atoms with Crippen LogP contribution >= 0.6 is 11.8 Å². The fourth-order valence-electron chi connectivity index (χ4n) is 4.15. The summed E-state index contributed by atoms with van der Waals surface area (Å²) in [6, 6.07) is 7.26. The van der Waals surface area contributed by atoms with Gasteiger partial charge in [-0.2, -0.15) is 0 Å². The van der Waals surface area contributed by atoms with Crippen molar-refractivity contribution in [3.8, 4) is 0 Å². The molecule has 1 aliphatic carbocycles. The Morgan fingerprint density at radius 3 is 3.00 bits per heavy atom. The molecule has 0 spiro atoms. The van der Waals surface area contributed by atoms with Crippen LogP contribution in [-0.2, 0) is 14.4 Å². The van der Waals surface area contributed by atoms with Gasteiger partial charge in [-0.05, 0) is 24.0 Å². The number of benzene rings is 1. The van der Waals surface area contributed by atoms with Crippen molar-refractivity contribution >= 4 is 35.8 Å². The van der Waals surface area contributed by atoms with E-state index in [4.69, 9.17) is 0 Å². The predicted molar refractivity (Wildman–Crippen MR) is 102 cm³/mol. The molecule has 6 heteroatoms. The molecule has 1 aromatic rings. The minimum Gasteiger partial charge on any atom is -0.332 e. The van der Waals surface area contributed by atoms with Crippen molar-refractivity contribution < 1.29 is 14.4 Å². The monoisotopic (exact) mass is 370 g/mol. The zero-order chi connectivity index (χ0) is 18.1. The minimum atomic E-state index is -0.520.